The van der Waals surface area contributed by atoms with Gasteiger partial charge in [0, 0.05) is 38.0 Å². The van der Waals surface area contributed by atoms with Gasteiger partial charge in [-0.3, -0.25) is 4.79 Å². The van der Waals surface area contributed by atoms with Crippen molar-refractivity contribution in [2.45, 2.75) is 51.5 Å². The minimum absolute atomic E-state index is 0.0233. The Kier molecular flexibility index (Phi) is 7.08. The van der Waals surface area contributed by atoms with Crippen LogP contribution in [0, 0.1) is 18.7 Å². The summed E-state index contributed by atoms with van der Waals surface area (Å²) in [6.07, 6.45) is 4.67. The zero-order valence-electron chi connectivity index (χ0n) is 18.7. The van der Waals surface area contributed by atoms with Crippen LogP contribution in [0.1, 0.15) is 53.9 Å². The van der Waals surface area contributed by atoms with E-state index in [-0.39, 0.29) is 23.7 Å². The molecule has 3 amide bonds. The van der Waals surface area contributed by atoms with Gasteiger partial charge in [-0.2, -0.15) is 0 Å². The first kappa shape index (κ1) is 22.3. The van der Waals surface area contributed by atoms with E-state index < -0.39 is 0 Å². The highest BCUT2D eigenvalue weighted by atomic mass is 19.1. The van der Waals surface area contributed by atoms with Crippen LogP contribution >= 0.6 is 0 Å². The number of benzene rings is 2. The lowest BCUT2D eigenvalue weighted by molar-refractivity contribution is -0.126. The summed E-state index contributed by atoms with van der Waals surface area (Å²) >= 11 is 0. The summed E-state index contributed by atoms with van der Waals surface area (Å²) in [4.78, 5) is 27.0. The van der Waals surface area contributed by atoms with E-state index >= 15 is 0 Å². The Bertz CT molecular complexity index is 969. The maximum atomic E-state index is 13.7. The molecule has 1 atom stereocenters. The minimum atomic E-state index is -0.257. The van der Waals surface area contributed by atoms with Crippen molar-refractivity contribution < 1.29 is 14.0 Å². The number of carbonyl (C=O) groups excluding carboxylic acids is 2. The molecule has 1 unspecified atom stereocenters. The van der Waals surface area contributed by atoms with Crippen molar-refractivity contribution in [1.29, 1.82) is 0 Å². The predicted molar refractivity (Wildman–Crippen MR) is 123 cm³/mol. The Morgan fingerprint density at radius 2 is 1.84 bits per heavy atom. The Hall–Kier alpha value is -2.89. The standard InChI is InChI=1S/C26H32FN3O2/c1-18-9-10-19(15-24(18)27)16-28-25(31)21-11-13-30(14-12-21)26(32)29-17-22-7-4-6-20-5-2-3-8-23(20)22/h2-3,5,8-10,15,21-22H,4,6-7,11-14,16-17H2,1H3,(H,28,31)(H,29,32). The third kappa shape index (κ3) is 5.29. The molecule has 1 fully saturated rings. The Labute approximate surface area is 189 Å². The van der Waals surface area contributed by atoms with E-state index in [0.29, 0.717) is 50.5 Å². The van der Waals surface area contributed by atoms with Crippen molar-refractivity contribution in [3.8, 4) is 0 Å². The molecule has 2 aromatic rings. The van der Waals surface area contributed by atoms with E-state index in [1.807, 2.05) is 11.0 Å². The fraction of sp³-hybridized carbons (Fsp3) is 0.462. The Morgan fingerprint density at radius 3 is 2.62 bits per heavy atom. The molecule has 0 saturated carbocycles. The lowest BCUT2D eigenvalue weighted by Crippen LogP contribution is -2.47. The number of nitrogens with one attached hydrogen (secondary N) is 2. The fourth-order valence-electron chi connectivity index (χ4n) is 4.81. The van der Waals surface area contributed by atoms with Gasteiger partial charge in [-0.25, -0.2) is 9.18 Å². The predicted octanol–water partition coefficient (Wildman–Crippen LogP) is 4.29. The maximum absolute atomic E-state index is 13.7. The van der Waals surface area contributed by atoms with Crippen LogP contribution in [0.3, 0.4) is 0 Å². The normalized spacial score (nSPS) is 18.7. The van der Waals surface area contributed by atoms with E-state index in [2.05, 4.69) is 34.9 Å². The monoisotopic (exact) mass is 437 g/mol. The first-order chi connectivity index (χ1) is 15.5. The number of urea groups is 1. The highest BCUT2D eigenvalue weighted by Gasteiger charge is 2.28. The molecule has 0 radical (unpaired) electrons. The molecule has 6 heteroatoms. The largest absolute Gasteiger partial charge is 0.352 e. The molecule has 0 aromatic heterocycles. The van der Waals surface area contributed by atoms with Crippen molar-refractivity contribution in [2.24, 2.45) is 5.92 Å². The van der Waals surface area contributed by atoms with Crippen LogP contribution in [0.2, 0.25) is 0 Å². The van der Waals surface area contributed by atoms with Gasteiger partial charge in [0.25, 0.3) is 0 Å². The van der Waals surface area contributed by atoms with Crippen LogP contribution in [0.4, 0.5) is 9.18 Å². The Morgan fingerprint density at radius 1 is 1.06 bits per heavy atom. The molecule has 1 heterocycles. The molecule has 0 bridgehead atoms. The summed E-state index contributed by atoms with van der Waals surface area (Å²) < 4.78 is 13.7. The number of nitrogens with zero attached hydrogens (tertiary/aromatic N) is 1. The average molecular weight is 438 g/mol. The number of fused-ring (bicyclic) bond motifs is 1. The topological polar surface area (TPSA) is 61.4 Å². The second kappa shape index (κ2) is 10.2. The van der Waals surface area contributed by atoms with Crippen LogP contribution in [-0.2, 0) is 17.8 Å². The molecule has 4 rings (SSSR count). The number of aryl methyl sites for hydroxylation is 2. The van der Waals surface area contributed by atoms with E-state index in [0.717, 1.165) is 24.8 Å². The first-order valence-corrected chi connectivity index (χ1v) is 11.6. The summed E-state index contributed by atoms with van der Waals surface area (Å²) in [6, 6.07) is 13.5. The minimum Gasteiger partial charge on any atom is -0.352 e. The fourth-order valence-corrected chi connectivity index (χ4v) is 4.81. The van der Waals surface area contributed by atoms with Crippen LogP contribution in [-0.4, -0.2) is 36.5 Å². The van der Waals surface area contributed by atoms with Crippen LogP contribution in [0.5, 0.6) is 0 Å². The van der Waals surface area contributed by atoms with Gasteiger partial charge in [-0.05, 0) is 67.3 Å². The second-order valence-corrected chi connectivity index (χ2v) is 9.04. The number of carbonyl (C=O) groups is 2. The molecule has 32 heavy (non-hydrogen) atoms. The number of likely N-dealkylation sites (tertiary alicyclic amines) is 1. The number of hydrogen-bond acceptors (Lipinski definition) is 2. The van der Waals surface area contributed by atoms with Crippen molar-refractivity contribution in [3.05, 3.63) is 70.5 Å². The number of halogens is 1. The zero-order chi connectivity index (χ0) is 22.5. The summed E-state index contributed by atoms with van der Waals surface area (Å²) in [5.74, 6) is -0.0176. The van der Waals surface area contributed by atoms with Crippen molar-refractivity contribution in [1.82, 2.24) is 15.5 Å². The van der Waals surface area contributed by atoms with E-state index in [1.165, 1.54) is 17.2 Å². The number of amides is 3. The zero-order valence-corrected chi connectivity index (χ0v) is 18.7. The summed E-state index contributed by atoms with van der Waals surface area (Å²) in [7, 11) is 0. The highest BCUT2D eigenvalue weighted by Crippen LogP contribution is 2.31. The first-order valence-electron chi connectivity index (χ1n) is 11.6. The van der Waals surface area contributed by atoms with Gasteiger partial charge in [0.2, 0.25) is 5.91 Å². The maximum Gasteiger partial charge on any atom is 0.317 e. The van der Waals surface area contributed by atoms with Gasteiger partial charge in [0.15, 0.2) is 0 Å². The molecule has 5 nitrogen and oxygen atoms in total. The van der Waals surface area contributed by atoms with Gasteiger partial charge in [-0.15, -0.1) is 0 Å². The molecular weight excluding hydrogens is 405 g/mol. The van der Waals surface area contributed by atoms with Crippen molar-refractivity contribution in [3.63, 3.8) is 0 Å². The summed E-state index contributed by atoms with van der Waals surface area (Å²) in [5.41, 5.74) is 4.11. The summed E-state index contributed by atoms with van der Waals surface area (Å²) in [5, 5.41) is 6.03. The number of piperidine rings is 1. The molecule has 2 N–H and O–H groups in total. The average Bonchev–Trinajstić information content (AvgIpc) is 2.83. The van der Waals surface area contributed by atoms with Crippen LogP contribution in [0.15, 0.2) is 42.5 Å². The Balaban J connectivity index is 1.21. The molecule has 1 aliphatic heterocycles. The van der Waals surface area contributed by atoms with Gasteiger partial charge < -0.3 is 15.5 Å². The van der Waals surface area contributed by atoms with E-state index in [1.54, 1.807) is 13.0 Å². The van der Waals surface area contributed by atoms with E-state index in [4.69, 9.17) is 0 Å². The molecule has 2 aromatic carbocycles. The van der Waals surface area contributed by atoms with E-state index in [9.17, 15) is 14.0 Å². The quantitative estimate of drug-likeness (QED) is 0.733. The molecule has 2 aliphatic rings. The van der Waals surface area contributed by atoms with Crippen LogP contribution in [0.25, 0.3) is 0 Å². The smallest absolute Gasteiger partial charge is 0.317 e. The molecule has 1 saturated heterocycles. The molecule has 1 aliphatic carbocycles. The van der Waals surface area contributed by atoms with Gasteiger partial charge >= 0.3 is 6.03 Å². The lowest BCUT2D eigenvalue weighted by Gasteiger charge is -2.32. The molecule has 0 spiro atoms. The third-order valence-electron chi connectivity index (χ3n) is 6.85. The molecule has 170 valence electrons. The number of hydrogen-bond donors (Lipinski definition) is 2. The van der Waals surface area contributed by atoms with Gasteiger partial charge in [0.05, 0.1) is 0 Å². The second-order valence-electron chi connectivity index (χ2n) is 9.04. The molecular formula is C26H32FN3O2. The number of rotatable bonds is 5. The highest BCUT2D eigenvalue weighted by molar-refractivity contribution is 5.79. The summed E-state index contributed by atoms with van der Waals surface area (Å²) in [6.45, 7) is 3.84. The lowest BCUT2D eigenvalue weighted by atomic mass is 9.83. The third-order valence-corrected chi connectivity index (χ3v) is 6.85. The van der Waals surface area contributed by atoms with Gasteiger partial charge in [0.1, 0.15) is 5.82 Å². The van der Waals surface area contributed by atoms with Crippen molar-refractivity contribution in [2.75, 3.05) is 19.6 Å². The van der Waals surface area contributed by atoms with Crippen LogP contribution < -0.4 is 10.6 Å². The SMILES string of the molecule is Cc1ccc(CNC(=O)C2CCN(C(=O)NCC3CCCc4ccccc43)CC2)cc1F. The van der Waals surface area contributed by atoms with Crippen molar-refractivity contribution >= 4 is 11.9 Å². The van der Waals surface area contributed by atoms with Gasteiger partial charge in [-0.1, -0.05) is 36.4 Å².